The highest BCUT2D eigenvalue weighted by molar-refractivity contribution is 5.87. The summed E-state index contributed by atoms with van der Waals surface area (Å²) in [6.07, 6.45) is 0. The Bertz CT molecular complexity index is 700. The van der Waals surface area contributed by atoms with Crippen molar-refractivity contribution < 1.29 is 19.2 Å². The number of rotatable bonds is 4. The maximum absolute atomic E-state index is 11.5. The van der Waals surface area contributed by atoms with Crippen molar-refractivity contribution in [2.75, 3.05) is 14.2 Å². The van der Waals surface area contributed by atoms with Crippen LogP contribution in [0.3, 0.4) is 0 Å². The number of hydrogen-bond acceptors (Lipinski definition) is 6. The van der Waals surface area contributed by atoms with Crippen LogP contribution in [-0.2, 0) is 4.74 Å². The Labute approximate surface area is 120 Å². The van der Waals surface area contributed by atoms with Crippen LogP contribution in [0.25, 0.3) is 11.3 Å². The van der Waals surface area contributed by atoms with E-state index in [0.717, 1.165) is 0 Å². The lowest BCUT2D eigenvalue weighted by Crippen LogP contribution is -2.04. The molecular weight excluding hydrogens is 276 g/mol. The first-order valence-electron chi connectivity index (χ1n) is 5.95. The molecule has 1 aromatic carbocycles. The molecule has 0 N–H and O–H groups in total. The molecule has 108 valence electrons. The summed E-state index contributed by atoms with van der Waals surface area (Å²) in [7, 11) is 2.62. The van der Waals surface area contributed by atoms with E-state index in [1.54, 1.807) is 18.2 Å². The van der Waals surface area contributed by atoms with E-state index in [9.17, 15) is 14.9 Å². The van der Waals surface area contributed by atoms with Crippen LogP contribution in [0.4, 0.5) is 5.69 Å². The number of carbonyl (C=O) groups is 1. The summed E-state index contributed by atoms with van der Waals surface area (Å²) < 4.78 is 9.54. The molecule has 0 amide bonds. The highest BCUT2D eigenvalue weighted by atomic mass is 16.6. The summed E-state index contributed by atoms with van der Waals surface area (Å²) in [6.45, 7) is 0. The molecule has 0 aliphatic rings. The molecule has 0 bridgehead atoms. The molecule has 2 rings (SSSR count). The number of methoxy groups -OCH3 is 2. The van der Waals surface area contributed by atoms with E-state index in [1.165, 1.54) is 32.4 Å². The number of benzene rings is 1. The van der Waals surface area contributed by atoms with E-state index in [4.69, 9.17) is 4.74 Å². The van der Waals surface area contributed by atoms with Gasteiger partial charge in [-0.1, -0.05) is 6.07 Å². The Morgan fingerprint density at radius 2 is 2.00 bits per heavy atom. The Hall–Kier alpha value is -2.96. The largest absolute Gasteiger partial charge is 0.490 e. The van der Waals surface area contributed by atoms with Gasteiger partial charge in [0.1, 0.15) is 5.69 Å². The number of nitro groups is 1. The molecule has 0 fully saturated rings. The van der Waals surface area contributed by atoms with Crippen molar-refractivity contribution in [3.8, 4) is 17.0 Å². The SMILES string of the molecule is COC(=O)c1cccc(-c2ccc(OC)c([N+](=O)[O-])c2)n1. The lowest BCUT2D eigenvalue weighted by molar-refractivity contribution is -0.385. The number of pyridine rings is 1. The van der Waals surface area contributed by atoms with Crippen LogP contribution < -0.4 is 4.74 Å². The lowest BCUT2D eigenvalue weighted by Gasteiger charge is -2.06. The molecule has 0 saturated carbocycles. The Kier molecular flexibility index (Phi) is 4.13. The highest BCUT2D eigenvalue weighted by Crippen LogP contribution is 2.31. The zero-order valence-corrected chi connectivity index (χ0v) is 11.4. The zero-order valence-electron chi connectivity index (χ0n) is 11.4. The first-order valence-corrected chi connectivity index (χ1v) is 5.95. The van der Waals surface area contributed by atoms with Crippen molar-refractivity contribution in [2.24, 2.45) is 0 Å². The van der Waals surface area contributed by atoms with Gasteiger partial charge in [0.05, 0.1) is 24.8 Å². The fraction of sp³-hybridized carbons (Fsp3) is 0.143. The number of hydrogen-bond donors (Lipinski definition) is 0. The number of aromatic nitrogens is 1. The number of nitro benzene ring substituents is 1. The molecule has 21 heavy (non-hydrogen) atoms. The average Bonchev–Trinajstić information content (AvgIpc) is 2.53. The molecule has 0 radical (unpaired) electrons. The normalized spacial score (nSPS) is 10.0. The van der Waals surface area contributed by atoms with E-state index in [0.29, 0.717) is 11.3 Å². The zero-order chi connectivity index (χ0) is 15.4. The Balaban J connectivity index is 2.49. The number of nitrogens with zero attached hydrogens (tertiary/aromatic N) is 2. The maximum Gasteiger partial charge on any atom is 0.356 e. The minimum absolute atomic E-state index is 0.133. The van der Waals surface area contributed by atoms with Gasteiger partial charge in [0.15, 0.2) is 5.75 Å². The molecule has 7 nitrogen and oxygen atoms in total. The molecule has 0 unspecified atom stereocenters. The molecule has 7 heteroatoms. The van der Waals surface area contributed by atoms with Crippen molar-refractivity contribution in [1.82, 2.24) is 4.98 Å². The molecule has 0 atom stereocenters. The van der Waals surface area contributed by atoms with Crippen molar-refractivity contribution >= 4 is 11.7 Å². The third kappa shape index (κ3) is 2.97. The van der Waals surface area contributed by atoms with Crippen LogP contribution in [0.5, 0.6) is 5.75 Å². The monoisotopic (exact) mass is 288 g/mol. The summed E-state index contributed by atoms with van der Waals surface area (Å²) in [5.74, 6) is -0.410. The predicted molar refractivity (Wildman–Crippen MR) is 74.2 cm³/mol. The van der Waals surface area contributed by atoms with Gasteiger partial charge >= 0.3 is 11.7 Å². The first-order chi connectivity index (χ1) is 10.1. The quantitative estimate of drug-likeness (QED) is 0.487. The molecule has 0 aliphatic heterocycles. The van der Waals surface area contributed by atoms with E-state index < -0.39 is 10.9 Å². The first kappa shape index (κ1) is 14.4. The van der Waals surface area contributed by atoms with Crippen LogP contribution in [0, 0.1) is 10.1 Å². The van der Waals surface area contributed by atoms with Gasteiger partial charge in [-0.2, -0.15) is 0 Å². The third-order valence-corrected chi connectivity index (χ3v) is 2.81. The Morgan fingerprint density at radius 1 is 1.24 bits per heavy atom. The van der Waals surface area contributed by atoms with Crippen molar-refractivity contribution in [3.05, 3.63) is 52.2 Å². The van der Waals surface area contributed by atoms with Crippen LogP contribution in [0.2, 0.25) is 0 Å². The summed E-state index contributed by atoms with van der Waals surface area (Å²) in [6, 6.07) is 9.26. The van der Waals surface area contributed by atoms with E-state index in [-0.39, 0.29) is 17.1 Å². The maximum atomic E-state index is 11.5. The third-order valence-electron chi connectivity index (χ3n) is 2.81. The smallest absolute Gasteiger partial charge is 0.356 e. The summed E-state index contributed by atoms with van der Waals surface area (Å²) in [5.41, 5.74) is 0.908. The topological polar surface area (TPSA) is 91.6 Å². The number of esters is 1. The van der Waals surface area contributed by atoms with E-state index >= 15 is 0 Å². The molecular formula is C14H12N2O5. The Morgan fingerprint density at radius 3 is 2.62 bits per heavy atom. The molecule has 0 aliphatic carbocycles. The van der Waals surface area contributed by atoms with Gasteiger partial charge in [-0.3, -0.25) is 10.1 Å². The molecule has 1 heterocycles. The van der Waals surface area contributed by atoms with Gasteiger partial charge in [0, 0.05) is 11.6 Å². The lowest BCUT2D eigenvalue weighted by atomic mass is 10.1. The van der Waals surface area contributed by atoms with Crippen LogP contribution in [-0.4, -0.2) is 30.1 Å². The number of carbonyl (C=O) groups excluding carboxylic acids is 1. The van der Waals surface area contributed by atoms with Gasteiger partial charge in [-0.05, 0) is 24.3 Å². The average molecular weight is 288 g/mol. The van der Waals surface area contributed by atoms with Gasteiger partial charge in [-0.15, -0.1) is 0 Å². The molecule has 1 aromatic heterocycles. The minimum Gasteiger partial charge on any atom is -0.490 e. The standard InChI is InChI=1S/C14H12N2O5/c1-20-13-7-6-9(8-12(13)16(18)19)10-4-3-5-11(15-10)14(17)21-2/h3-8H,1-2H3. The summed E-state index contributed by atoms with van der Waals surface area (Å²) in [5, 5.41) is 11.0. The fourth-order valence-electron chi connectivity index (χ4n) is 1.81. The molecule has 0 spiro atoms. The minimum atomic E-state index is -0.570. The van der Waals surface area contributed by atoms with Gasteiger partial charge in [0.25, 0.3) is 0 Å². The van der Waals surface area contributed by atoms with Crippen LogP contribution in [0.15, 0.2) is 36.4 Å². The van der Waals surface area contributed by atoms with Gasteiger partial charge in [0.2, 0.25) is 0 Å². The summed E-state index contributed by atoms with van der Waals surface area (Å²) >= 11 is 0. The fourth-order valence-corrected chi connectivity index (χ4v) is 1.81. The number of ether oxygens (including phenoxy) is 2. The highest BCUT2D eigenvalue weighted by Gasteiger charge is 2.17. The second kappa shape index (κ2) is 6.00. The van der Waals surface area contributed by atoms with Crippen LogP contribution >= 0.6 is 0 Å². The van der Waals surface area contributed by atoms with Gasteiger partial charge in [-0.25, -0.2) is 9.78 Å². The second-order valence-electron chi connectivity index (χ2n) is 4.04. The summed E-state index contributed by atoms with van der Waals surface area (Å²) in [4.78, 5) is 26.1. The predicted octanol–water partition coefficient (Wildman–Crippen LogP) is 2.45. The van der Waals surface area contributed by atoms with Crippen molar-refractivity contribution in [2.45, 2.75) is 0 Å². The van der Waals surface area contributed by atoms with Crippen molar-refractivity contribution in [1.29, 1.82) is 0 Å². The molecule has 2 aromatic rings. The van der Waals surface area contributed by atoms with E-state index in [1.807, 2.05) is 0 Å². The van der Waals surface area contributed by atoms with E-state index in [2.05, 4.69) is 9.72 Å². The molecule has 0 saturated heterocycles. The second-order valence-corrected chi connectivity index (χ2v) is 4.04. The van der Waals surface area contributed by atoms with Crippen LogP contribution in [0.1, 0.15) is 10.5 Å². The van der Waals surface area contributed by atoms with Crippen molar-refractivity contribution in [3.63, 3.8) is 0 Å². The van der Waals surface area contributed by atoms with Gasteiger partial charge < -0.3 is 9.47 Å².